The molecule has 0 saturated carbocycles. The monoisotopic (exact) mass is 280 g/mol. The number of nitrogens with two attached hydrogens (primary N) is 1. The minimum Gasteiger partial charge on any atom is -0.465 e. The van der Waals surface area contributed by atoms with Gasteiger partial charge in [-0.1, -0.05) is 13.8 Å². The smallest absolute Gasteiger partial charge is 0.337 e. The van der Waals surface area contributed by atoms with Crippen molar-refractivity contribution >= 4 is 29.1 Å². The quantitative estimate of drug-likeness (QED) is 0.666. The molecule has 2 N–H and O–H groups in total. The van der Waals surface area contributed by atoms with Crippen LogP contribution in [0.4, 0.5) is 11.4 Å². The minimum absolute atomic E-state index is 0.353. The second kappa shape index (κ2) is 5.74. The summed E-state index contributed by atoms with van der Waals surface area (Å²) in [6, 6.07) is 5.38. The number of esters is 1. The third kappa shape index (κ3) is 3.15. The lowest BCUT2D eigenvalue weighted by Gasteiger charge is -2.36. The normalized spacial score (nSPS) is 23.2. The van der Waals surface area contributed by atoms with Crippen molar-refractivity contribution in [1.82, 2.24) is 0 Å². The Bertz CT molecular complexity index is 469. The summed E-state index contributed by atoms with van der Waals surface area (Å²) in [5.41, 5.74) is 8.22. The Morgan fingerprint density at radius 2 is 2.00 bits per heavy atom. The van der Waals surface area contributed by atoms with E-state index >= 15 is 0 Å². The number of thioether (sulfide) groups is 1. The Hall–Kier alpha value is -1.36. The summed E-state index contributed by atoms with van der Waals surface area (Å²) in [4.78, 5) is 13.8. The summed E-state index contributed by atoms with van der Waals surface area (Å²) in [6.45, 7) is 6.42. The molecule has 0 radical (unpaired) electrons. The highest BCUT2D eigenvalue weighted by Gasteiger charge is 2.24. The Balaban J connectivity index is 2.23. The van der Waals surface area contributed by atoms with Gasteiger partial charge in [-0.25, -0.2) is 4.79 Å². The number of rotatable bonds is 2. The number of carbonyl (C=O) groups is 1. The molecule has 1 aromatic carbocycles. The topological polar surface area (TPSA) is 55.6 Å². The van der Waals surface area contributed by atoms with E-state index < -0.39 is 0 Å². The van der Waals surface area contributed by atoms with Gasteiger partial charge in [0.1, 0.15) is 0 Å². The second-order valence-electron chi connectivity index (χ2n) is 4.93. The van der Waals surface area contributed by atoms with Gasteiger partial charge in [-0.15, -0.1) is 0 Å². The van der Waals surface area contributed by atoms with Crippen molar-refractivity contribution in [3.05, 3.63) is 23.8 Å². The molecule has 1 aliphatic rings. The van der Waals surface area contributed by atoms with Gasteiger partial charge in [-0.3, -0.25) is 0 Å². The standard InChI is InChI=1S/C14H20N2O2S/c1-9-7-16(8-10(2)19-9)13-5-4-11(6-12(13)15)14(17)18-3/h4-6,9-10H,7-8,15H2,1-3H3. The molecule has 2 atom stereocenters. The third-order valence-electron chi connectivity index (χ3n) is 3.21. The third-order valence-corrected chi connectivity index (χ3v) is 4.44. The van der Waals surface area contributed by atoms with Crippen molar-refractivity contribution in [3.8, 4) is 0 Å². The molecule has 4 nitrogen and oxygen atoms in total. The molecule has 1 aromatic rings. The van der Waals surface area contributed by atoms with Gasteiger partial charge in [-0.2, -0.15) is 11.8 Å². The van der Waals surface area contributed by atoms with Crippen LogP contribution in [0.25, 0.3) is 0 Å². The zero-order valence-electron chi connectivity index (χ0n) is 11.6. The van der Waals surface area contributed by atoms with E-state index in [-0.39, 0.29) is 5.97 Å². The van der Waals surface area contributed by atoms with Gasteiger partial charge in [0.05, 0.1) is 24.0 Å². The number of ether oxygens (including phenoxy) is 1. The average Bonchev–Trinajstić information content (AvgIpc) is 2.36. The predicted octanol–water partition coefficient (Wildman–Crippen LogP) is 2.39. The number of hydrogen-bond acceptors (Lipinski definition) is 5. The summed E-state index contributed by atoms with van der Waals surface area (Å²) in [6.07, 6.45) is 0. The maximum Gasteiger partial charge on any atom is 0.337 e. The van der Waals surface area contributed by atoms with Gasteiger partial charge in [0.25, 0.3) is 0 Å². The average molecular weight is 280 g/mol. The number of nitrogen functional groups attached to an aromatic ring is 1. The van der Waals surface area contributed by atoms with Crippen molar-refractivity contribution in [2.24, 2.45) is 0 Å². The predicted molar refractivity (Wildman–Crippen MR) is 80.9 cm³/mol. The summed E-state index contributed by atoms with van der Waals surface area (Å²) in [5.74, 6) is -0.353. The highest BCUT2D eigenvalue weighted by Crippen LogP contribution is 2.32. The number of benzene rings is 1. The molecule has 1 heterocycles. The van der Waals surface area contributed by atoms with E-state index in [1.165, 1.54) is 7.11 Å². The highest BCUT2D eigenvalue weighted by atomic mass is 32.2. The van der Waals surface area contributed by atoms with E-state index in [0.29, 0.717) is 21.8 Å². The van der Waals surface area contributed by atoms with Crippen LogP contribution in [0.1, 0.15) is 24.2 Å². The first-order valence-corrected chi connectivity index (χ1v) is 7.33. The molecule has 2 rings (SSSR count). The van der Waals surface area contributed by atoms with Crippen molar-refractivity contribution < 1.29 is 9.53 Å². The molecule has 1 aliphatic heterocycles. The molecule has 19 heavy (non-hydrogen) atoms. The van der Waals surface area contributed by atoms with Gasteiger partial charge in [-0.05, 0) is 18.2 Å². The lowest BCUT2D eigenvalue weighted by Crippen LogP contribution is -2.40. The fraction of sp³-hybridized carbons (Fsp3) is 0.500. The lowest BCUT2D eigenvalue weighted by molar-refractivity contribution is 0.0601. The van der Waals surface area contributed by atoms with Crippen LogP contribution >= 0.6 is 11.8 Å². The molecule has 2 unspecified atom stereocenters. The lowest BCUT2D eigenvalue weighted by atomic mass is 10.1. The summed E-state index contributed by atoms with van der Waals surface area (Å²) in [5, 5.41) is 1.17. The van der Waals surface area contributed by atoms with Crippen LogP contribution < -0.4 is 10.6 Å². The fourth-order valence-corrected chi connectivity index (χ4v) is 3.79. The molecule has 5 heteroatoms. The minimum atomic E-state index is -0.353. The van der Waals surface area contributed by atoms with Gasteiger partial charge in [0.15, 0.2) is 0 Å². The molecule has 0 amide bonds. The number of hydrogen-bond donors (Lipinski definition) is 1. The van der Waals surface area contributed by atoms with E-state index in [2.05, 4.69) is 18.7 Å². The van der Waals surface area contributed by atoms with Crippen LogP contribution in [0.3, 0.4) is 0 Å². The molecule has 1 saturated heterocycles. The van der Waals surface area contributed by atoms with Crippen LogP contribution in [0.15, 0.2) is 18.2 Å². The first-order chi connectivity index (χ1) is 9.01. The van der Waals surface area contributed by atoms with Crippen molar-refractivity contribution in [2.75, 3.05) is 30.8 Å². The number of anilines is 2. The number of methoxy groups -OCH3 is 1. The largest absolute Gasteiger partial charge is 0.465 e. The van der Waals surface area contributed by atoms with Crippen LogP contribution in [-0.2, 0) is 4.74 Å². The SMILES string of the molecule is COC(=O)c1ccc(N2CC(C)SC(C)C2)c(N)c1. The number of nitrogens with zero attached hydrogens (tertiary/aromatic N) is 1. The van der Waals surface area contributed by atoms with Crippen molar-refractivity contribution in [2.45, 2.75) is 24.3 Å². The van der Waals surface area contributed by atoms with E-state index in [1.54, 1.807) is 12.1 Å². The summed E-state index contributed by atoms with van der Waals surface area (Å²) < 4.78 is 4.70. The van der Waals surface area contributed by atoms with Gasteiger partial charge >= 0.3 is 5.97 Å². The van der Waals surface area contributed by atoms with Crippen LogP contribution in [0.2, 0.25) is 0 Å². The Labute approximate surface area is 118 Å². The molecule has 0 aromatic heterocycles. The molecule has 0 bridgehead atoms. The second-order valence-corrected chi connectivity index (χ2v) is 6.81. The van der Waals surface area contributed by atoms with Crippen LogP contribution in [0, 0.1) is 0 Å². The molecule has 0 spiro atoms. The Kier molecular flexibility index (Phi) is 4.24. The van der Waals surface area contributed by atoms with E-state index in [9.17, 15) is 4.79 Å². The molecule has 104 valence electrons. The Morgan fingerprint density at radius 3 is 2.53 bits per heavy atom. The van der Waals surface area contributed by atoms with Crippen molar-refractivity contribution in [3.63, 3.8) is 0 Å². The first kappa shape index (κ1) is 14.1. The highest BCUT2D eigenvalue weighted by molar-refractivity contribution is 8.00. The van der Waals surface area contributed by atoms with E-state index in [4.69, 9.17) is 10.5 Å². The van der Waals surface area contributed by atoms with Gasteiger partial charge in [0, 0.05) is 23.6 Å². The maximum atomic E-state index is 11.5. The first-order valence-electron chi connectivity index (χ1n) is 6.39. The molecular weight excluding hydrogens is 260 g/mol. The van der Waals surface area contributed by atoms with Gasteiger partial charge in [0.2, 0.25) is 0 Å². The molecule has 1 fully saturated rings. The molecule has 0 aliphatic carbocycles. The zero-order chi connectivity index (χ0) is 14.0. The summed E-state index contributed by atoms with van der Waals surface area (Å²) in [7, 11) is 1.37. The maximum absolute atomic E-state index is 11.5. The van der Waals surface area contributed by atoms with Crippen molar-refractivity contribution in [1.29, 1.82) is 0 Å². The van der Waals surface area contributed by atoms with Gasteiger partial charge < -0.3 is 15.4 Å². The van der Waals surface area contributed by atoms with Crippen LogP contribution in [-0.4, -0.2) is 36.7 Å². The summed E-state index contributed by atoms with van der Waals surface area (Å²) >= 11 is 2.00. The van der Waals surface area contributed by atoms with Crippen LogP contribution in [0.5, 0.6) is 0 Å². The van der Waals surface area contributed by atoms with E-state index in [0.717, 1.165) is 18.8 Å². The Morgan fingerprint density at radius 1 is 1.37 bits per heavy atom. The molecular formula is C14H20N2O2S. The zero-order valence-corrected chi connectivity index (χ0v) is 12.4. The fourth-order valence-electron chi connectivity index (χ4n) is 2.46. The number of carbonyl (C=O) groups excluding carboxylic acids is 1. The van der Waals surface area contributed by atoms with E-state index in [1.807, 2.05) is 17.8 Å².